The van der Waals surface area contributed by atoms with Crippen molar-refractivity contribution in [3.63, 3.8) is 0 Å². The molecule has 2 rings (SSSR count). The fourth-order valence-electron chi connectivity index (χ4n) is 4.12. The Hall–Kier alpha value is -3.86. The third-order valence-electron chi connectivity index (χ3n) is 6.03. The van der Waals surface area contributed by atoms with E-state index in [1.807, 2.05) is 76.2 Å². The van der Waals surface area contributed by atoms with Gasteiger partial charge in [0.2, 0.25) is 11.8 Å². The van der Waals surface area contributed by atoms with E-state index in [4.69, 9.17) is 4.74 Å². The molecule has 0 saturated heterocycles. The lowest BCUT2D eigenvalue weighted by atomic mass is 9.94. The largest absolute Gasteiger partial charge is 0.444 e. The van der Waals surface area contributed by atoms with Crippen LogP contribution in [-0.2, 0) is 20.9 Å². The standard InChI is InChI=1S/C30H40N4O4/c1-20(2)18-25(33-29(37)38-30(5,6)7)28(36)34(17-16-31)26(24-15-11-12-21(3)22(24)4)27(35)32-19-23-13-9-8-10-14-23/h8-15,20,25-26H,17-19H2,1-7H3,(H,32,35)(H,33,37). The van der Waals surface area contributed by atoms with Crippen LogP contribution in [0.15, 0.2) is 48.5 Å². The third-order valence-corrected chi connectivity index (χ3v) is 6.03. The highest BCUT2D eigenvalue weighted by atomic mass is 16.6. The lowest BCUT2D eigenvalue weighted by Crippen LogP contribution is -2.53. The first-order valence-corrected chi connectivity index (χ1v) is 12.9. The van der Waals surface area contributed by atoms with Crippen LogP contribution in [0.25, 0.3) is 0 Å². The summed E-state index contributed by atoms with van der Waals surface area (Å²) in [5.74, 6) is -0.882. The van der Waals surface area contributed by atoms with Crippen molar-refractivity contribution in [1.29, 1.82) is 5.26 Å². The zero-order valence-corrected chi connectivity index (χ0v) is 23.5. The Bertz CT molecular complexity index is 1150. The molecule has 0 aliphatic rings. The maximum Gasteiger partial charge on any atom is 0.408 e. The number of nitrogens with one attached hydrogen (secondary N) is 2. The number of ether oxygens (including phenoxy) is 1. The molecule has 0 spiro atoms. The summed E-state index contributed by atoms with van der Waals surface area (Å²) in [6, 6.07) is 15.0. The number of amides is 3. The van der Waals surface area contributed by atoms with Crippen LogP contribution in [0.1, 0.15) is 69.3 Å². The molecule has 2 unspecified atom stereocenters. The smallest absolute Gasteiger partial charge is 0.408 e. The van der Waals surface area contributed by atoms with Gasteiger partial charge < -0.3 is 20.3 Å². The van der Waals surface area contributed by atoms with Gasteiger partial charge in [0.1, 0.15) is 24.2 Å². The van der Waals surface area contributed by atoms with E-state index in [2.05, 4.69) is 10.6 Å². The number of carbonyl (C=O) groups excluding carboxylic acids is 3. The second kappa shape index (κ2) is 13.6. The van der Waals surface area contributed by atoms with Crippen molar-refractivity contribution < 1.29 is 19.1 Å². The number of aryl methyl sites for hydroxylation is 1. The van der Waals surface area contributed by atoms with Crippen molar-refractivity contribution in [3.8, 4) is 6.07 Å². The van der Waals surface area contributed by atoms with Gasteiger partial charge in [-0.15, -0.1) is 0 Å². The molecule has 0 bridgehead atoms. The topological polar surface area (TPSA) is 112 Å². The quantitative estimate of drug-likeness (QED) is 0.431. The summed E-state index contributed by atoms with van der Waals surface area (Å²) in [6.45, 7) is 12.8. The highest BCUT2D eigenvalue weighted by molar-refractivity contribution is 5.92. The van der Waals surface area contributed by atoms with E-state index in [9.17, 15) is 19.6 Å². The number of carbonyl (C=O) groups is 3. The van der Waals surface area contributed by atoms with Gasteiger partial charge in [-0.1, -0.05) is 62.4 Å². The number of hydrogen-bond donors (Lipinski definition) is 2. The summed E-state index contributed by atoms with van der Waals surface area (Å²) < 4.78 is 5.39. The molecule has 3 amide bonds. The van der Waals surface area contributed by atoms with E-state index >= 15 is 0 Å². The maximum absolute atomic E-state index is 14.0. The molecule has 2 aromatic carbocycles. The molecule has 0 aliphatic carbocycles. The SMILES string of the molecule is Cc1cccc(C(C(=O)NCc2ccccc2)N(CC#N)C(=O)C(CC(C)C)NC(=O)OC(C)(C)C)c1C. The summed E-state index contributed by atoms with van der Waals surface area (Å²) in [5, 5.41) is 15.3. The van der Waals surface area contributed by atoms with E-state index in [1.165, 1.54) is 4.90 Å². The summed E-state index contributed by atoms with van der Waals surface area (Å²) in [6.07, 6.45) is -0.421. The Labute approximate surface area is 226 Å². The number of hydrogen-bond acceptors (Lipinski definition) is 5. The summed E-state index contributed by atoms with van der Waals surface area (Å²) >= 11 is 0. The minimum absolute atomic E-state index is 0.0499. The fourth-order valence-corrected chi connectivity index (χ4v) is 4.12. The van der Waals surface area contributed by atoms with Crippen molar-refractivity contribution in [2.75, 3.05) is 6.54 Å². The fraction of sp³-hybridized carbons (Fsp3) is 0.467. The molecule has 2 N–H and O–H groups in total. The second-order valence-electron chi connectivity index (χ2n) is 10.8. The molecule has 204 valence electrons. The Morgan fingerprint density at radius 3 is 2.26 bits per heavy atom. The van der Waals surface area contributed by atoms with Crippen LogP contribution < -0.4 is 10.6 Å². The van der Waals surface area contributed by atoms with E-state index in [1.54, 1.807) is 26.8 Å². The predicted octanol–water partition coefficient (Wildman–Crippen LogP) is 4.95. The van der Waals surface area contributed by atoms with Crippen molar-refractivity contribution >= 4 is 17.9 Å². The van der Waals surface area contributed by atoms with Gasteiger partial charge in [0.15, 0.2) is 0 Å². The zero-order chi connectivity index (χ0) is 28.5. The summed E-state index contributed by atoms with van der Waals surface area (Å²) in [5.41, 5.74) is 2.59. The molecular weight excluding hydrogens is 480 g/mol. The van der Waals surface area contributed by atoms with Gasteiger partial charge >= 0.3 is 6.09 Å². The predicted molar refractivity (Wildman–Crippen MR) is 147 cm³/mol. The van der Waals surface area contributed by atoms with Crippen molar-refractivity contribution in [2.24, 2.45) is 5.92 Å². The molecule has 0 aliphatic heterocycles. The van der Waals surface area contributed by atoms with Crippen LogP contribution >= 0.6 is 0 Å². The number of benzene rings is 2. The molecule has 8 heteroatoms. The van der Waals surface area contributed by atoms with Gasteiger partial charge in [-0.3, -0.25) is 9.59 Å². The molecule has 2 aromatic rings. The highest BCUT2D eigenvalue weighted by Gasteiger charge is 2.37. The van der Waals surface area contributed by atoms with Crippen molar-refractivity contribution in [2.45, 2.75) is 79.1 Å². The molecule has 0 saturated carbocycles. The minimum atomic E-state index is -1.07. The van der Waals surface area contributed by atoms with Crippen LogP contribution in [0, 0.1) is 31.1 Å². The molecule has 8 nitrogen and oxygen atoms in total. The Balaban J connectivity index is 2.49. The van der Waals surface area contributed by atoms with Gasteiger partial charge in [-0.05, 0) is 69.2 Å². The zero-order valence-electron chi connectivity index (χ0n) is 23.5. The highest BCUT2D eigenvalue weighted by Crippen LogP contribution is 2.28. The van der Waals surface area contributed by atoms with E-state index in [-0.39, 0.29) is 19.0 Å². The monoisotopic (exact) mass is 520 g/mol. The van der Waals surface area contributed by atoms with Gasteiger partial charge in [0.05, 0.1) is 6.07 Å². The van der Waals surface area contributed by atoms with Crippen molar-refractivity contribution in [3.05, 3.63) is 70.8 Å². The summed E-state index contributed by atoms with van der Waals surface area (Å²) in [7, 11) is 0. The molecule has 0 radical (unpaired) electrons. The lowest BCUT2D eigenvalue weighted by molar-refractivity contribution is -0.142. The van der Waals surface area contributed by atoms with Gasteiger partial charge in [0.25, 0.3) is 0 Å². The van der Waals surface area contributed by atoms with Gasteiger partial charge in [-0.2, -0.15) is 5.26 Å². The molecule has 38 heavy (non-hydrogen) atoms. The second-order valence-corrected chi connectivity index (χ2v) is 10.8. The van der Waals surface area contributed by atoms with Crippen molar-refractivity contribution in [1.82, 2.24) is 15.5 Å². The maximum atomic E-state index is 14.0. The van der Waals surface area contributed by atoms with Crippen LogP contribution in [-0.4, -0.2) is 41.0 Å². The van der Waals surface area contributed by atoms with Crippen LogP contribution in [0.5, 0.6) is 0 Å². The first-order valence-electron chi connectivity index (χ1n) is 12.9. The van der Waals surface area contributed by atoms with Gasteiger partial charge in [-0.25, -0.2) is 4.79 Å². The lowest BCUT2D eigenvalue weighted by Gasteiger charge is -2.34. The Morgan fingerprint density at radius 1 is 1.03 bits per heavy atom. The first kappa shape index (κ1) is 30.4. The molecular formula is C30H40N4O4. The molecule has 0 heterocycles. The van der Waals surface area contributed by atoms with Crippen LogP contribution in [0.3, 0.4) is 0 Å². The van der Waals surface area contributed by atoms with E-state index < -0.39 is 35.6 Å². The molecule has 0 fully saturated rings. The van der Waals surface area contributed by atoms with E-state index in [0.29, 0.717) is 12.0 Å². The van der Waals surface area contributed by atoms with Gasteiger partial charge in [0, 0.05) is 6.54 Å². The Morgan fingerprint density at radius 2 is 1.68 bits per heavy atom. The number of alkyl carbamates (subject to hydrolysis) is 1. The average molecular weight is 521 g/mol. The summed E-state index contributed by atoms with van der Waals surface area (Å²) in [4.78, 5) is 41.6. The first-order chi connectivity index (χ1) is 17.8. The van der Waals surface area contributed by atoms with Crippen LogP contribution in [0.2, 0.25) is 0 Å². The average Bonchev–Trinajstić information content (AvgIpc) is 2.83. The number of nitrogens with zero attached hydrogens (tertiary/aromatic N) is 2. The molecule has 0 aromatic heterocycles. The number of nitriles is 1. The molecule has 2 atom stereocenters. The normalized spacial score (nSPS) is 12.7. The van der Waals surface area contributed by atoms with E-state index in [0.717, 1.165) is 16.7 Å². The van der Waals surface area contributed by atoms with Crippen LogP contribution in [0.4, 0.5) is 4.79 Å². The minimum Gasteiger partial charge on any atom is -0.444 e. The Kier molecular flexibility index (Phi) is 10.9. The number of rotatable bonds is 10. The third kappa shape index (κ3) is 8.91.